The minimum absolute atomic E-state index is 0.125. The Bertz CT molecular complexity index is 399. The van der Waals surface area contributed by atoms with E-state index in [1.54, 1.807) is 0 Å². The van der Waals surface area contributed by atoms with E-state index < -0.39 is 11.0 Å². The largest absolute Gasteiger partial charge is 0.462 e. The SMILES string of the molecule is CCC(C)(C)C(=O)OCC1(O)C2CC3CC1CC(C2)C3O. The predicted molar refractivity (Wildman–Crippen MR) is 78.4 cm³/mol. The van der Waals surface area contributed by atoms with Crippen LogP contribution in [0.5, 0.6) is 0 Å². The summed E-state index contributed by atoms with van der Waals surface area (Å²) in [5.41, 5.74) is -1.36. The Kier molecular flexibility index (Phi) is 3.61. The summed E-state index contributed by atoms with van der Waals surface area (Å²) in [4.78, 5) is 12.2. The molecule has 120 valence electrons. The van der Waals surface area contributed by atoms with Gasteiger partial charge in [0, 0.05) is 0 Å². The normalized spacial score (nSPS) is 44.9. The number of aliphatic hydroxyl groups excluding tert-OH is 1. The lowest BCUT2D eigenvalue weighted by atomic mass is 9.49. The Hall–Kier alpha value is -0.610. The van der Waals surface area contributed by atoms with Crippen molar-refractivity contribution in [2.24, 2.45) is 29.1 Å². The molecule has 4 fully saturated rings. The summed E-state index contributed by atoms with van der Waals surface area (Å²) in [6.07, 6.45) is 4.05. The van der Waals surface area contributed by atoms with Gasteiger partial charge in [-0.1, -0.05) is 6.92 Å². The molecule has 4 heteroatoms. The van der Waals surface area contributed by atoms with Gasteiger partial charge in [0.05, 0.1) is 11.5 Å². The van der Waals surface area contributed by atoms with E-state index in [0.29, 0.717) is 11.8 Å². The van der Waals surface area contributed by atoms with Gasteiger partial charge in [-0.05, 0) is 69.6 Å². The highest BCUT2D eigenvalue weighted by molar-refractivity contribution is 5.75. The molecule has 0 saturated heterocycles. The van der Waals surface area contributed by atoms with E-state index in [1.807, 2.05) is 20.8 Å². The average molecular weight is 296 g/mol. The fraction of sp³-hybridized carbons (Fsp3) is 0.941. The summed E-state index contributed by atoms with van der Waals surface area (Å²) in [6.45, 7) is 5.86. The van der Waals surface area contributed by atoms with Crippen molar-refractivity contribution in [3.8, 4) is 0 Å². The standard InChI is InChI=1S/C17H28O4/c1-4-16(2,3)15(19)21-9-17(20)12-5-10-6-13(17)8-11(7-12)14(10)18/h10-14,18,20H,4-9H2,1-3H3. The number of carbonyl (C=O) groups excluding carboxylic acids is 1. The Morgan fingerprint density at radius 2 is 1.67 bits per heavy atom. The monoisotopic (exact) mass is 296 g/mol. The first kappa shape index (κ1) is 15.3. The molecule has 4 rings (SSSR count). The number of carbonyl (C=O) groups is 1. The first-order valence-corrected chi connectivity index (χ1v) is 8.35. The van der Waals surface area contributed by atoms with Crippen molar-refractivity contribution in [2.45, 2.75) is 64.6 Å². The molecule has 0 aromatic carbocycles. The quantitative estimate of drug-likeness (QED) is 0.780. The molecule has 0 heterocycles. The molecule has 4 saturated carbocycles. The summed E-state index contributed by atoms with van der Waals surface area (Å²) >= 11 is 0. The molecule has 0 amide bonds. The third kappa shape index (κ3) is 2.31. The maximum atomic E-state index is 12.2. The highest BCUT2D eigenvalue weighted by Crippen LogP contribution is 2.58. The minimum Gasteiger partial charge on any atom is -0.462 e. The van der Waals surface area contributed by atoms with E-state index in [-0.39, 0.29) is 30.5 Å². The van der Waals surface area contributed by atoms with E-state index in [4.69, 9.17) is 4.74 Å². The maximum Gasteiger partial charge on any atom is 0.311 e. The highest BCUT2D eigenvalue weighted by atomic mass is 16.5. The van der Waals surface area contributed by atoms with E-state index in [9.17, 15) is 15.0 Å². The number of esters is 1. The van der Waals surface area contributed by atoms with Gasteiger partial charge in [0.1, 0.15) is 12.2 Å². The zero-order valence-electron chi connectivity index (χ0n) is 13.3. The van der Waals surface area contributed by atoms with E-state index in [1.165, 1.54) is 0 Å². The molecule has 0 aromatic heterocycles. The van der Waals surface area contributed by atoms with Gasteiger partial charge in [-0.25, -0.2) is 0 Å². The Labute approximate surface area is 126 Å². The van der Waals surface area contributed by atoms with Gasteiger partial charge in [-0.2, -0.15) is 0 Å². The zero-order valence-corrected chi connectivity index (χ0v) is 13.3. The summed E-state index contributed by atoms with van der Waals surface area (Å²) in [5, 5.41) is 21.3. The first-order valence-electron chi connectivity index (χ1n) is 8.35. The molecule has 0 radical (unpaired) electrons. The molecule has 0 atom stereocenters. The number of hydrogen-bond acceptors (Lipinski definition) is 4. The van der Waals surface area contributed by atoms with Crippen LogP contribution in [0.25, 0.3) is 0 Å². The molecule has 21 heavy (non-hydrogen) atoms. The van der Waals surface area contributed by atoms with Crippen molar-refractivity contribution in [2.75, 3.05) is 6.61 Å². The van der Waals surface area contributed by atoms with Crippen LogP contribution in [0.3, 0.4) is 0 Å². The average Bonchev–Trinajstić information content (AvgIpc) is 2.43. The van der Waals surface area contributed by atoms with Crippen LogP contribution in [-0.2, 0) is 9.53 Å². The second kappa shape index (κ2) is 4.95. The van der Waals surface area contributed by atoms with Crippen LogP contribution >= 0.6 is 0 Å². The molecular weight excluding hydrogens is 268 g/mol. The number of hydrogen-bond donors (Lipinski definition) is 2. The summed E-state index contributed by atoms with van der Waals surface area (Å²) in [5.74, 6) is 0.834. The molecule has 4 bridgehead atoms. The zero-order chi connectivity index (χ0) is 15.4. The van der Waals surface area contributed by atoms with E-state index in [2.05, 4.69) is 0 Å². The second-order valence-corrected chi connectivity index (χ2v) is 8.15. The van der Waals surface area contributed by atoms with Crippen LogP contribution in [0.2, 0.25) is 0 Å². The second-order valence-electron chi connectivity index (χ2n) is 8.15. The fourth-order valence-electron chi connectivity index (χ4n) is 4.70. The lowest BCUT2D eigenvalue weighted by Gasteiger charge is -2.60. The van der Waals surface area contributed by atoms with Crippen LogP contribution < -0.4 is 0 Å². The van der Waals surface area contributed by atoms with Crippen LogP contribution in [0.15, 0.2) is 0 Å². The summed E-state index contributed by atoms with van der Waals surface area (Å²) in [7, 11) is 0. The summed E-state index contributed by atoms with van der Waals surface area (Å²) < 4.78 is 5.50. The molecule has 4 nitrogen and oxygen atoms in total. The maximum absolute atomic E-state index is 12.2. The topological polar surface area (TPSA) is 66.8 Å². The third-order valence-corrected chi connectivity index (χ3v) is 6.60. The minimum atomic E-state index is -0.868. The van der Waals surface area contributed by atoms with Crippen LogP contribution in [0.4, 0.5) is 0 Å². The predicted octanol–water partition coefficient (Wildman–Crippen LogP) is 2.12. The Morgan fingerprint density at radius 3 is 2.10 bits per heavy atom. The van der Waals surface area contributed by atoms with Gasteiger partial charge in [0.25, 0.3) is 0 Å². The summed E-state index contributed by atoms with van der Waals surface area (Å²) in [6, 6.07) is 0. The van der Waals surface area contributed by atoms with Crippen LogP contribution in [0, 0.1) is 29.1 Å². The van der Waals surface area contributed by atoms with Crippen molar-refractivity contribution in [1.29, 1.82) is 0 Å². The highest BCUT2D eigenvalue weighted by Gasteiger charge is 2.60. The smallest absolute Gasteiger partial charge is 0.311 e. The van der Waals surface area contributed by atoms with Crippen molar-refractivity contribution in [3.05, 3.63) is 0 Å². The van der Waals surface area contributed by atoms with Gasteiger partial charge in [0.15, 0.2) is 0 Å². The fourth-order valence-corrected chi connectivity index (χ4v) is 4.70. The van der Waals surface area contributed by atoms with Gasteiger partial charge in [-0.15, -0.1) is 0 Å². The van der Waals surface area contributed by atoms with Gasteiger partial charge >= 0.3 is 5.97 Å². The molecule has 0 unspecified atom stereocenters. The number of rotatable bonds is 4. The Balaban J connectivity index is 1.68. The van der Waals surface area contributed by atoms with E-state index >= 15 is 0 Å². The van der Waals surface area contributed by atoms with Gasteiger partial charge < -0.3 is 14.9 Å². The van der Waals surface area contributed by atoms with Crippen molar-refractivity contribution in [3.63, 3.8) is 0 Å². The molecule has 0 aliphatic heterocycles. The van der Waals surface area contributed by atoms with Gasteiger partial charge in [-0.3, -0.25) is 4.79 Å². The Morgan fingerprint density at radius 1 is 1.19 bits per heavy atom. The molecule has 4 aliphatic rings. The third-order valence-electron chi connectivity index (χ3n) is 6.60. The molecule has 2 N–H and O–H groups in total. The molecule has 0 aromatic rings. The van der Waals surface area contributed by atoms with Crippen molar-refractivity contribution < 1.29 is 19.7 Å². The number of aliphatic hydroxyl groups is 2. The first-order chi connectivity index (χ1) is 9.78. The lowest BCUT2D eigenvalue weighted by Crippen LogP contribution is -2.63. The van der Waals surface area contributed by atoms with Crippen LogP contribution in [-0.4, -0.2) is 34.5 Å². The van der Waals surface area contributed by atoms with E-state index in [0.717, 1.165) is 32.1 Å². The molecule has 4 aliphatic carbocycles. The van der Waals surface area contributed by atoms with Crippen molar-refractivity contribution in [1.82, 2.24) is 0 Å². The lowest BCUT2D eigenvalue weighted by molar-refractivity contribution is -0.228. The van der Waals surface area contributed by atoms with Crippen LogP contribution in [0.1, 0.15) is 52.9 Å². The van der Waals surface area contributed by atoms with Crippen molar-refractivity contribution >= 4 is 5.97 Å². The molecule has 0 spiro atoms. The number of ether oxygens (including phenoxy) is 1. The van der Waals surface area contributed by atoms with Gasteiger partial charge in [0.2, 0.25) is 0 Å². The molecular formula is C17H28O4.